The Bertz CT molecular complexity index is 580. The molecular formula is C18H26ClNO3. The van der Waals surface area contributed by atoms with Crippen LogP contribution in [0.25, 0.3) is 0 Å². The van der Waals surface area contributed by atoms with Gasteiger partial charge >= 0.3 is 5.97 Å². The van der Waals surface area contributed by atoms with Gasteiger partial charge in [0, 0.05) is 24.4 Å². The second-order valence-electron chi connectivity index (χ2n) is 6.94. The largest absolute Gasteiger partial charge is 0.508 e. The first-order valence-electron chi connectivity index (χ1n) is 8.18. The van der Waals surface area contributed by atoms with Crippen molar-refractivity contribution in [3.63, 3.8) is 0 Å². The summed E-state index contributed by atoms with van der Waals surface area (Å²) in [5.41, 5.74) is 1.34. The molecule has 128 valence electrons. The summed E-state index contributed by atoms with van der Waals surface area (Å²) in [6.07, 6.45) is 4.34. The van der Waals surface area contributed by atoms with Gasteiger partial charge in [-0.3, -0.25) is 9.69 Å². The topological polar surface area (TPSA) is 49.8 Å². The van der Waals surface area contributed by atoms with Gasteiger partial charge in [0.05, 0.1) is 6.42 Å². The molecule has 1 aromatic carbocycles. The summed E-state index contributed by atoms with van der Waals surface area (Å²) >= 11 is 0. The summed E-state index contributed by atoms with van der Waals surface area (Å²) < 4.78 is 5.89. The van der Waals surface area contributed by atoms with E-state index in [1.807, 2.05) is 19.9 Å². The van der Waals surface area contributed by atoms with E-state index in [9.17, 15) is 9.90 Å². The van der Waals surface area contributed by atoms with Gasteiger partial charge in [0.2, 0.25) is 0 Å². The van der Waals surface area contributed by atoms with Gasteiger partial charge < -0.3 is 9.84 Å². The van der Waals surface area contributed by atoms with E-state index >= 15 is 0 Å². The van der Waals surface area contributed by atoms with Crippen LogP contribution in [0, 0.1) is 0 Å². The molecule has 0 amide bonds. The van der Waals surface area contributed by atoms with Gasteiger partial charge in [0.15, 0.2) is 5.72 Å². The summed E-state index contributed by atoms with van der Waals surface area (Å²) in [4.78, 5) is 14.7. The smallest absolute Gasteiger partial charge is 0.312 e. The Labute approximate surface area is 144 Å². The standard InChI is InChI=1S/C18H25NO3.ClH/c1-12(2)17-13(5-4-6-15(17)20)11-16(21)22-18-9-7-14(8-10-18)19(18)3;/h4-6,12,14,20H,7-11H2,1-3H3;1H. The van der Waals surface area contributed by atoms with E-state index in [1.54, 1.807) is 12.1 Å². The van der Waals surface area contributed by atoms with Crippen molar-refractivity contribution >= 4 is 18.4 Å². The van der Waals surface area contributed by atoms with Crippen LogP contribution in [0.5, 0.6) is 5.75 Å². The molecule has 5 heteroatoms. The second kappa shape index (κ2) is 6.70. The van der Waals surface area contributed by atoms with E-state index in [2.05, 4.69) is 11.9 Å². The molecule has 2 fully saturated rings. The maximum Gasteiger partial charge on any atom is 0.312 e. The number of phenols is 1. The third-order valence-corrected chi connectivity index (χ3v) is 5.32. The maximum absolute atomic E-state index is 12.5. The minimum atomic E-state index is -0.378. The first-order chi connectivity index (χ1) is 10.4. The number of nitrogens with zero attached hydrogens (tertiary/aromatic N) is 1. The van der Waals surface area contributed by atoms with Crippen molar-refractivity contribution in [3.05, 3.63) is 29.3 Å². The van der Waals surface area contributed by atoms with Crippen LogP contribution < -0.4 is 0 Å². The van der Waals surface area contributed by atoms with Crippen LogP contribution in [-0.4, -0.2) is 34.8 Å². The van der Waals surface area contributed by atoms with E-state index < -0.39 is 0 Å². The number of ether oxygens (including phenoxy) is 1. The van der Waals surface area contributed by atoms with Crippen molar-refractivity contribution in [1.29, 1.82) is 0 Å². The summed E-state index contributed by atoms with van der Waals surface area (Å²) in [6, 6.07) is 5.94. The number of esters is 1. The normalized spacial score (nSPS) is 26.3. The minimum Gasteiger partial charge on any atom is -0.508 e. The highest BCUT2D eigenvalue weighted by molar-refractivity contribution is 5.85. The van der Waals surface area contributed by atoms with Crippen LogP contribution in [0.1, 0.15) is 56.6 Å². The molecule has 4 nitrogen and oxygen atoms in total. The molecule has 3 rings (SSSR count). The van der Waals surface area contributed by atoms with Crippen molar-refractivity contribution in [3.8, 4) is 5.75 Å². The predicted octanol–water partition coefficient (Wildman–Crippen LogP) is 3.61. The summed E-state index contributed by atoms with van der Waals surface area (Å²) in [6.45, 7) is 4.05. The molecule has 0 radical (unpaired) electrons. The van der Waals surface area contributed by atoms with Crippen LogP contribution >= 0.6 is 12.4 Å². The Morgan fingerprint density at radius 3 is 2.57 bits per heavy atom. The summed E-state index contributed by atoms with van der Waals surface area (Å²) in [5.74, 6) is 0.242. The fourth-order valence-corrected chi connectivity index (χ4v) is 4.12. The lowest BCUT2D eigenvalue weighted by Crippen LogP contribution is -2.42. The lowest BCUT2D eigenvalue weighted by atomic mass is 9.94. The second-order valence-corrected chi connectivity index (χ2v) is 6.94. The molecule has 0 aliphatic carbocycles. The third-order valence-electron chi connectivity index (χ3n) is 5.32. The molecular weight excluding hydrogens is 314 g/mol. The van der Waals surface area contributed by atoms with Crippen LogP contribution in [0.4, 0.5) is 0 Å². The number of aromatic hydroxyl groups is 1. The number of halogens is 1. The Kier molecular flexibility index (Phi) is 5.27. The number of benzene rings is 1. The highest BCUT2D eigenvalue weighted by Crippen LogP contribution is 2.46. The summed E-state index contributed by atoms with van der Waals surface area (Å²) in [7, 11) is 2.06. The molecule has 2 aliphatic rings. The Hall–Kier alpha value is -1.26. The average Bonchev–Trinajstić information content (AvgIpc) is 2.90. The number of carbonyl (C=O) groups is 1. The SMILES string of the molecule is CC(C)c1c(O)cccc1CC(=O)OC12CCC(CC1)N2C.Cl. The number of carbonyl (C=O) groups excluding carboxylic acids is 1. The summed E-state index contributed by atoms with van der Waals surface area (Å²) in [5, 5.41) is 10.0. The average molecular weight is 340 g/mol. The molecule has 2 aliphatic heterocycles. The first kappa shape index (κ1) is 18.1. The number of hydrogen-bond donors (Lipinski definition) is 1. The fraction of sp³-hybridized carbons (Fsp3) is 0.611. The number of phenolic OH excluding ortho intramolecular Hbond substituents is 1. The monoisotopic (exact) mass is 339 g/mol. The van der Waals surface area contributed by atoms with Crippen molar-refractivity contribution < 1.29 is 14.6 Å². The molecule has 1 N–H and O–H groups in total. The molecule has 0 atom stereocenters. The molecule has 23 heavy (non-hydrogen) atoms. The maximum atomic E-state index is 12.5. The first-order valence-corrected chi connectivity index (χ1v) is 8.18. The highest BCUT2D eigenvalue weighted by Gasteiger charge is 2.52. The van der Waals surface area contributed by atoms with Gasteiger partial charge in [-0.15, -0.1) is 12.4 Å². The van der Waals surface area contributed by atoms with Crippen molar-refractivity contribution in [2.24, 2.45) is 0 Å². The van der Waals surface area contributed by atoms with Crippen LogP contribution in [-0.2, 0) is 16.0 Å². The third kappa shape index (κ3) is 3.20. The van der Waals surface area contributed by atoms with E-state index in [-0.39, 0.29) is 42.2 Å². The van der Waals surface area contributed by atoms with Crippen LogP contribution in [0.3, 0.4) is 0 Å². The van der Waals surface area contributed by atoms with E-state index in [0.717, 1.165) is 36.8 Å². The number of rotatable bonds is 4. The quantitative estimate of drug-likeness (QED) is 0.851. The lowest BCUT2D eigenvalue weighted by Gasteiger charge is -2.31. The van der Waals surface area contributed by atoms with Gasteiger partial charge in [-0.2, -0.15) is 0 Å². The number of hydrogen-bond acceptors (Lipinski definition) is 4. The zero-order valence-corrected chi connectivity index (χ0v) is 14.9. The van der Waals surface area contributed by atoms with Crippen LogP contribution in [0.2, 0.25) is 0 Å². The highest BCUT2D eigenvalue weighted by atomic mass is 35.5. The molecule has 0 saturated carbocycles. The van der Waals surface area contributed by atoms with Gasteiger partial charge in [-0.1, -0.05) is 26.0 Å². The Balaban J connectivity index is 0.00000192. The zero-order valence-electron chi connectivity index (χ0n) is 14.0. The van der Waals surface area contributed by atoms with E-state index in [4.69, 9.17) is 4.74 Å². The van der Waals surface area contributed by atoms with Gasteiger partial charge in [-0.05, 0) is 37.4 Å². The van der Waals surface area contributed by atoms with Crippen molar-refractivity contribution in [2.45, 2.75) is 63.6 Å². The molecule has 0 spiro atoms. The minimum absolute atomic E-state index is 0. The van der Waals surface area contributed by atoms with Gasteiger partial charge in [0.25, 0.3) is 0 Å². The fourth-order valence-electron chi connectivity index (χ4n) is 4.12. The Morgan fingerprint density at radius 2 is 2.04 bits per heavy atom. The molecule has 2 saturated heterocycles. The molecule has 2 bridgehead atoms. The predicted molar refractivity (Wildman–Crippen MR) is 92.0 cm³/mol. The van der Waals surface area contributed by atoms with Crippen LogP contribution in [0.15, 0.2) is 18.2 Å². The number of fused-ring (bicyclic) bond motifs is 2. The zero-order chi connectivity index (χ0) is 15.9. The van der Waals surface area contributed by atoms with E-state index in [1.165, 1.54) is 0 Å². The van der Waals surface area contributed by atoms with Gasteiger partial charge in [0.1, 0.15) is 5.75 Å². The van der Waals surface area contributed by atoms with Gasteiger partial charge in [-0.25, -0.2) is 0 Å². The Morgan fingerprint density at radius 1 is 1.39 bits per heavy atom. The molecule has 2 heterocycles. The van der Waals surface area contributed by atoms with Crippen molar-refractivity contribution in [1.82, 2.24) is 4.90 Å². The van der Waals surface area contributed by atoms with E-state index in [0.29, 0.717) is 6.04 Å². The molecule has 0 unspecified atom stereocenters. The molecule has 0 aromatic heterocycles. The van der Waals surface area contributed by atoms with Crippen molar-refractivity contribution in [2.75, 3.05) is 7.05 Å². The lowest BCUT2D eigenvalue weighted by molar-refractivity contribution is -0.172. The molecule has 1 aromatic rings.